The molecule has 0 amide bonds. The summed E-state index contributed by atoms with van der Waals surface area (Å²) in [5.41, 5.74) is 4.69. The van der Waals surface area contributed by atoms with Crippen LogP contribution >= 0.6 is 11.6 Å². The van der Waals surface area contributed by atoms with Crippen LogP contribution in [-0.2, 0) is 21.3 Å². The fourth-order valence-electron chi connectivity index (χ4n) is 2.29. The number of rotatable bonds is 4. The predicted octanol–water partition coefficient (Wildman–Crippen LogP) is 1.78. The van der Waals surface area contributed by atoms with Crippen LogP contribution in [0.15, 0.2) is 17.0 Å². The first-order chi connectivity index (χ1) is 9.69. The van der Waals surface area contributed by atoms with E-state index in [1.807, 2.05) is 0 Å². The highest BCUT2D eigenvalue weighted by atomic mass is 35.5. The Morgan fingerprint density at radius 2 is 2.24 bits per heavy atom. The second-order valence-corrected chi connectivity index (χ2v) is 7.45. The van der Waals surface area contributed by atoms with Crippen LogP contribution in [0.2, 0.25) is 5.02 Å². The van der Waals surface area contributed by atoms with Crippen LogP contribution in [0.5, 0.6) is 0 Å². The average Bonchev–Trinajstić information content (AvgIpc) is 2.70. The number of halogens is 2. The number of nitrogens with two attached hydrogens (primary N) is 1. The maximum absolute atomic E-state index is 14.3. The van der Waals surface area contributed by atoms with Gasteiger partial charge in [-0.15, -0.1) is 0 Å². The van der Waals surface area contributed by atoms with E-state index in [-0.39, 0.29) is 23.2 Å². The molecule has 0 spiro atoms. The highest BCUT2D eigenvalue weighted by Crippen LogP contribution is 2.29. The van der Waals surface area contributed by atoms with Crippen molar-refractivity contribution in [2.75, 3.05) is 6.61 Å². The van der Waals surface area contributed by atoms with E-state index in [1.165, 1.54) is 6.07 Å². The van der Waals surface area contributed by atoms with Crippen LogP contribution in [0, 0.1) is 5.82 Å². The minimum atomic E-state index is -4.07. The quantitative estimate of drug-likeness (QED) is 0.878. The van der Waals surface area contributed by atoms with Crippen molar-refractivity contribution < 1.29 is 17.5 Å². The molecule has 0 bridgehead atoms. The van der Waals surface area contributed by atoms with E-state index in [4.69, 9.17) is 22.1 Å². The van der Waals surface area contributed by atoms with E-state index in [1.54, 1.807) is 13.8 Å². The first-order valence-electron chi connectivity index (χ1n) is 6.53. The molecule has 21 heavy (non-hydrogen) atoms. The van der Waals surface area contributed by atoms with Gasteiger partial charge in [-0.3, -0.25) is 0 Å². The average molecular weight is 337 g/mol. The largest absolute Gasteiger partial charge is 0.376 e. The predicted molar refractivity (Wildman–Crippen MR) is 78.1 cm³/mol. The Balaban J connectivity index is 2.43. The topological polar surface area (TPSA) is 81.4 Å². The smallest absolute Gasteiger partial charge is 0.244 e. The fraction of sp³-hybridized carbons (Fsp3) is 0.538. The first-order valence-corrected chi connectivity index (χ1v) is 8.39. The SMILES string of the molecule is CC1OCCC1(C)NS(=O)(=O)c1cc(Cl)cc(CN)c1F. The minimum absolute atomic E-state index is 0.0590. The zero-order valence-electron chi connectivity index (χ0n) is 11.8. The molecular formula is C13H18ClFN2O3S. The Bertz CT molecular complexity index is 653. The highest BCUT2D eigenvalue weighted by Gasteiger charge is 2.41. The molecule has 1 aliphatic heterocycles. The fourth-order valence-corrected chi connectivity index (χ4v) is 4.24. The Kier molecular flexibility index (Phi) is 4.60. The molecule has 0 saturated carbocycles. The van der Waals surface area contributed by atoms with Gasteiger partial charge in [0.15, 0.2) is 0 Å². The lowest BCUT2D eigenvalue weighted by Gasteiger charge is -2.28. The number of hydrogen-bond donors (Lipinski definition) is 2. The van der Waals surface area contributed by atoms with Crippen molar-refractivity contribution in [2.45, 2.75) is 43.4 Å². The summed E-state index contributed by atoms with van der Waals surface area (Å²) in [7, 11) is -4.07. The van der Waals surface area contributed by atoms with Crippen LogP contribution < -0.4 is 10.5 Å². The van der Waals surface area contributed by atoms with E-state index in [0.29, 0.717) is 13.0 Å². The molecule has 2 unspecified atom stereocenters. The summed E-state index contributed by atoms with van der Waals surface area (Å²) in [6, 6.07) is 2.40. The van der Waals surface area contributed by atoms with Crippen molar-refractivity contribution in [2.24, 2.45) is 5.73 Å². The summed E-state index contributed by atoms with van der Waals surface area (Å²) in [6.07, 6.45) is 0.211. The molecule has 0 radical (unpaired) electrons. The van der Waals surface area contributed by atoms with Gasteiger partial charge in [0.2, 0.25) is 10.0 Å². The Labute approximate surface area is 128 Å². The van der Waals surface area contributed by atoms with Crippen molar-refractivity contribution in [3.63, 3.8) is 0 Å². The Morgan fingerprint density at radius 3 is 2.76 bits per heavy atom. The summed E-state index contributed by atoms with van der Waals surface area (Å²) in [5.74, 6) is -0.871. The highest BCUT2D eigenvalue weighted by molar-refractivity contribution is 7.89. The number of benzene rings is 1. The molecule has 1 heterocycles. The van der Waals surface area contributed by atoms with Crippen molar-refractivity contribution in [3.05, 3.63) is 28.5 Å². The van der Waals surface area contributed by atoms with Gasteiger partial charge in [0.1, 0.15) is 10.7 Å². The molecule has 118 valence electrons. The molecule has 1 aromatic carbocycles. The van der Waals surface area contributed by atoms with Crippen molar-refractivity contribution in [1.82, 2.24) is 4.72 Å². The third kappa shape index (κ3) is 3.22. The molecular weight excluding hydrogens is 319 g/mol. The van der Waals surface area contributed by atoms with Crippen molar-refractivity contribution in [3.8, 4) is 0 Å². The Hall–Kier alpha value is -0.730. The van der Waals surface area contributed by atoms with E-state index in [0.717, 1.165) is 6.07 Å². The molecule has 8 heteroatoms. The third-order valence-corrected chi connectivity index (χ3v) is 5.67. The van der Waals surface area contributed by atoms with E-state index >= 15 is 0 Å². The molecule has 1 aromatic rings. The summed E-state index contributed by atoms with van der Waals surface area (Å²) in [4.78, 5) is -0.490. The van der Waals surface area contributed by atoms with Crippen LogP contribution in [0.4, 0.5) is 4.39 Å². The molecule has 1 saturated heterocycles. The summed E-state index contributed by atoms with van der Waals surface area (Å²) >= 11 is 5.85. The van der Waals surface area contributed by atoms with Gasteiger partial charge in [-0.25, -0.2) is 17.5 Å². The monoisotopic (exact) mass is 336 g/mol. The summed E-state index contributed by atoms with van der Waals surface area (Å²) in [5, 5.41) is 0.123. The van der Waals surface area contributed by atoms with Gasteiger partial charge in [0.25, 0.3) is 0 Å². The number of hydrogen-bond acceptors (Lipinski definition) is 4. The van der Waals surface area contributed by atoms with Gasteiger partial charge in [-0.1, -0.05) is 11.6 Å². The van der Waals surface area contributed by atoms with E-state index in [9.17, 15) is 12.8 Å². The maximum Gasteiger partial charge on any atom is 0.244 e. The Morgan fingerprint density at radius 1 is 1.57 bits per heavy atom. The summed E-state index contributed by atoms with van der Waals surface area (Å²) < 4.78 is 47.1. The third-order valence-electron chi connectivity index (χ3n) is 3.84. The van der Waals surface area contributed by atoms with Crippen LogP contribution in [0.1, 0.15) is 25.8 Å². The van der Waals surface area contributed by atoms with Crippen molar-refractivity contribution in [1.29, 1.82) is 0 Å². The van der Waals surface area contributed by atoms with Crippen molar-refractivity contribution >= 4 is 21.6 Å². The van der Waals surface area contributed by atoms with E-state index < -0.39 is 26.3 Å². The molecule has 1 fully saturated rings. The number of nitrogens with one attached hydrogen (secondary N) is 1. The molecule has 2 rings (SSSR count). The molecule has 0 aromatic heterocycles. The van der Waals surface area contributed by atoms with Gasteiger partial charge in [-0.2, -0.15) is 0 Å². The molecule has 2 atom stereocenters. The second kappa shape index (κ2) is 5.81. The molecule has 0 aliphatic carbocycles. The van der Waals surface area contributed by atoms with Gasteiger partial charge >= 0.3 is 0 Å². The maximum atomic E-state index is 14.3. The minimum Gasteiger partial charge on any atom is -0.376 e. The second-order valence-electron chi connectivity index (χ2n) is 5.37. The normalized spacial score (nSPS) is 26.2. The molecule has 5 nitrogen and oxygen atoms in total. The number of ether oxygens (including phenoxy) is 1. The number of sulfonamides is 1. The lowest BCUT2D eigenvalue weighted by atomic mass is 9.97. The zero-order valence-corrected chi connectivity index (χ0v) is 13.4. The zero-order chi connectivity index (χ0) is 15.8. The van der Waals surface area contributed by atoms with E-state index in [2.05, 4.69) is 4.72 Å². The van der Waals surface area contributed by atoms with Crippen LogP contribution in [-0.4, -0.2) is 26.7 Å². The standard InChI is InChI=1S/C13H18ClFN2O3S/c1-8-13(2,3-4-20-8)17-21(18,19)11-6-10(14)5-9(7-16)12(11)15/h5-6,8,17H,3-4,7,16H2,1-2H3. The summed E-state index contributed by atoms with van der Waals surface area (Å²) in [6.45, 7) is 3.82. The molecule has 1 aliphatic rings. The van der Waals surface area contributed by atoms with Crippen LogP contribution in [0.3, 0.4) is 0 Å². The lowest BCUT2D eigenvalue weighted by Crippen LogP contribution is -2.50. The van der Waals surface area contributed by atoms with Gasteiger partial charge in [0.05, 0.1) is 11.6 Å². The van der Waals surface area contributed by atoms with Gasteiger partial charge in [0, 0.05) is 23.7 Å². The van der Waals surface area contributed by atoms with Gasteiger partial charge < -0.3 is 10.5 Å². The molecule has 3 N–H and O–H groups in total. The van der Waals surface area contributed by atoms with Crippen LogP contribution in [0.25, 0.3) is 0 Å². The lowest BCUT2D eigenvalue weighted by molar-refractivity contribution is 0.0957. The first kappa shape index (κ1) is 16.6. The van der Waals surface area contributed by atoms with Gasteiger partial charge in [-0.05, 0) is 32.4 Å².